The predicted octanol–water partition coefficient (Wildman–Crippen LogP) is 2.85. The highest BCUT2D eigenvalue weighted by Gasteiger charge is 2.09. The zero-order valence-electron chi connectivity index (χ0n) is 22.0. The van der Waals surface area contributed by atoms with Crippen LogP contribution in [0.3, 0.4) is 0 Å². The average molecular weight is 521 g/mol. The smallest absolute Gasteiger partial charge is 0.270 e. The zero-order valence-corrected chi connectivity index (χ0v) is 22.0. The van der Waals surface area contributed by atoms with Crippen LogP contribution in [0.4, 0.5) is 5.95 Å². The lowest BCUT2D eigenvalue weighted by Gasteiger charge is -2.17. The lowest BCUT2D eigenvalue weighted by molar-refractivity contribution is 0.0948. The van der Waals surface area contributed by atoms with E-state index in [1.54, 1.807) is 31.5 Å². The number of hydrogen-bond donors (Lipinski definition) is 3. The second kappa shape index (κ2) is 15.8. The molecule has 0 spiro atoms. The quantitative estimate of drug-likeness (QED) is 0.247. The van der Waals surface area contributed by atoms with Crippen LogP contribution in [0.1, 0.15) is 33.7 Å². The zero-order chi connectivity index (χ0) is 27.0. The van der Waals surface area contributed by atoms with Crippen LogP contribution in [0.25, 0.3) is 0 Å². The number of rotatable bonds is 16. The molecule has 1 aromatic heterocycles. The second-order valence-corrected chi connectivity index (χ2v) is 8.58. The van der Waals surface area contributed by atoms with Gasteiger partial charge in [0.15, 0.2) is 11.5 Å². The summed E-state index contributed by atoms with van der Waals surface area (Å²) in [7, 11) is 3.67. The van der Waals surface area contributed by atoms with Gasteiger partial charge in [0.25, 0.3) is 11.8 Å². The number of carbonyl (C=O) groups excluding carboxylic acids is 2. The molecular weight excluding hydrogens is 484 g/mol. The molecule has 2 aromatic carbocycles. The van der Waals surface area contributed by atoms with E-state index in [2.05, 4.69) is 30.8 Å². The van der Waals surface area contributed by atoms with Crippen molar-refractivity contribution >= 4 is 17.8 Å². The summed E-state index contributed by atoms with van der Waals surface area (Å²) >= 11 is 0. The van der Waals surface area contributed by atoms with Gasteiger partial charge in [-0.2, -0.15) is 0 Å². The first-order chi connectivity index (χ1) is 18.6. The van der Waals surface area contributed by atoms with Gasteiger partial charge in [-0.05, 0) is 56.8 Å². The number of aromatic nitrogens is 2. The Bertz CT molecular complexity index is 1140. The molecule has 38 heavy (non-hydrogen) atoms. The van der Waals surface area contributed by atoms with E-state index in [1.807, 2.05) is 49.5 Å². The molecule has 3 N–H and O–H groups in total. The summed E-state index contributed by atoms with van der Waals surface area (Å²) in [6.45, 7) is 3.76. The molecule has 2 amide bonds. The van der Waals surface area contributed by atoms with Gasteiger partial charge in [-0.25, -0.2) is 9.97 Å². The number of methoxy groups -OCH3 is 1. The van der Waals surface area contributed by atoms with Crippen molar-refractivity contribution in [2.24, 2.45) is 0 Å². The molecule has 0 saturated carbocycles. The monoisotopic (exact) mass is 520 g/mol. The van der Waals surface area contributed by atoms with Gasteiger partial charge in [0, 0.05) is 37.9 Å². The third kappa shape index (κ3) is 9.70. The maximum Gasteiger partial charge on any atom is 0.270 e. The molecule has 0 unspecified atom stereocenters. The number of benzene rings is 2. The van der Waals surface area contributed by atoms with Gasteiger partial charge in [-0.3, -0.25) is 9.59 Å². The van der Waals surface area contributed by atoms with Gasteiger partial charge in [0.05, 0.1) is 7.11 Å². The van der Waals surface area contributed by atoms with Gasteiger partial charge >= 0.3 is 0 Å². The number of nitrogens with one attached hydrogen (secondary N) is 3. The van der Waals surface area contributed by atoms with Crippen molar-refractivity contribution in [1.82, 2.24) is 25.5 Å². The van der Waals surface area contributed by atoms with Gasteiger partial charge in [0.1, 0.15) is 12.3 Å². The van der Waals surface area contributed by atoms with Crippen molar-refractivity contribution in [3.05, 3.63) is 78.1 Å². The van der Waals surface area contributed by atoms with Crippen LogP contribution < -0.4 is 25.4 Å². The first-order valence-corrected chi connectivity index (χ1v) is 12.7. The standard InChI is InChI=1S/C28H36N6O4/c1-34(20-21-38-25-13-7-6-12-24(25)37-2)19-9-17-31-28-32-18-14-23(33-28)27(36)30-16-8-15-29-26(35)22-10-4-3-5-11-22/h3-7,10-14,18H,8-9,15-17,19-21H2,1-2H3,(H,29,35)(H,30,36)(H,31,32,33). The minimum absolute atomic E-state index is 0.129. The van der Waals surface area contributed by atoms with Crippen LogP contribution in [-0.2, 0) is 0 Å². The number of hydrogen-bond acceptors (Lipinski definition) is 8. The van der Waals surface area contributed by atoms with E-state index in [4.69, 9.17) is 9.47 Å². The molecule has 0 bridgehead atoms. The summed E-state index contributed by atoms with van der Waals surface area (Å²) in [5.41, 5.74) is 0.906. The van der Waals surface area contributed by atoms with E-state index in [0.29, 0.717) is 49.9 Å². The minimum atomic E-state index is -0.278. The number of ether oxygens (including phenoxy) is 2. The van der Waals surface area contributed by atoms with Crippen molar-refractivity contribution in [2.45, 2.75) is 12.8 Å². The van der Waals surface area contributed by atoms with E-state index < -0.39 is 0 Å². The van der Waals surface area contributed by atoms with E-state index in [9.17, 15) is 9.59 Å². The van der Waals surface area contributed by atoms with Crippen molar-refractivity contribution in [3.63, 3.8) is 0 Å². The summed E-state index contributed by atoms with van der Waals surface area (Å²) in [6.07, 6.45) is 3.04. The average Bonchev–Trinajstić information content (AvgIpc) is 2.96. The first kappa shape index (κ1) is 28.4. The highest BCUT2D eigenvalue weighted by Crippen LogP contribution is 2.25. The molecule has 0 fully saturated rings. The van der Waals surface area contributed by atoms with Crippen LogP contribution in [0.5, 0.6) is 11.5 Å². The Labute approximate surface area is 223 Å². The Kier molecular flexibility index (Phi) is 11.8. The van der Waals surface area contributed by atoms with E-state index in [-0.39, 0.29) is 11.8 Å². The van der Waals surface area contributed by atoms with E-state index >= 15 is 0 Å². The Balaban J connectivity index is 1.28. The number of anilines is 1. The molecule has 202 valence electrons. The molecule has 1 heterocycles. The molecule has 10 nitrogen and oxygen atoms in total. The highest BCUT2D eigenvalue weighted by atomic mass is 16.5. The van der Waals surface area contributed by atoms with Gasteiger partial charge in [0.2, 0.25) is 5.95 Å². The molecule has 0 aliphatic heterocycles. The molecule has 3 rings (SSSR count). The van der Waals surface area contributed by atoms with Crippen molar-refractivity contribution in [2.75, 3.05) is 58.8 Å². The second-order valence-electron chi connectivity index (χ2n) is 8.58. The van der Waals surface area contributed by atoms with Crippen molar-refractivity contribution in [3.8, 4) is 11.5 Å². The number of nitrogens with zero attached hydrogens (tertiary/aromatic N) is 3. The summed E-state index contributed by atoms with van der Waals surface area (Å²) < 4.78 is 11.1. The topological polar surface area (TPSA) is 118 Å². The normalized spacial score (nSPS) is 10.6. The fraction of sp³-hybridized carbons (Fsp3) is 0.357. The summed E-state index contributed by atoms with van der Waals surface area (Å²) in [6, 6.07) is 18.2. The minimum Gasteiger partial charge on any atom is -0.493 e. The summed E-state index contributed by atoms with van der Waals surface area (Å²) in [5, 5.41) is 8.84. The molecule has 0 aliphatic rings. The third-order valence-electron chi connectivity index (χ3n) is 5.65. The van der Waals surface area contributed by atoms with Crippen LogP contribution in [-0.4, -0.2) is 80.2 Å². The highest BCUT2D eigenvalue weighted by molar-refractivity contribution is 5.94. The molecular formula is C28H36N6O4. The largest absolute Gasteiger partial charge is 0.493 e. The number of para-hydroxylation sites is 2. The van der Waals surface area contributed by atoms with Gasteiger partial charge in [-0.1, -0.05) is 30.3 Å². The van der Waals surface area contributed by atoms with Crippen LogP contribution in [0.15, 0.2) is 66.9 Å². The molecule has 0 aliphatic carbocycles. The van der Waals surface area contributed by atoms with Crippen LogP contribution in [0, 0.1) is 0 Å². The number of likely N-dealkylation sites (N-methyl/N-ethyl adjacent to an activating group) is 1. The Morgan fingerprint density at radius 3 is 2.32 bits per heavy atom. The summed E-state index contributed by atoms with van der Waals surface area (Å²) in [4.78, 5) is 35.2. The fourth-order valence-electron chi connectivity index (χ4n) is 3.56. The van der Waals surface area contributed by atoms with Gasteiger partial charge < -0.3 is 30.3 Å². The predicted molar refractivity (Wildman–Crippen MR) is 147 cm³/mol. The van der Waals surface area contributed by atoms with Crippen LogP contribution in [0.2, 0.25) is 0 Å². The SMILES string of the molecule is COc1ccccc1OCCN(C)CCCNc1nccc(C(=O)NCCCNC(=O)c2ccccc2)n1. The lowest BCUT2D eigenvalue weighted by atomic mass is 10.2. The van der Waals surface area contributed by atoms with E-state index in [1.165, 1.54) is 0 Å². The maximum absolute atomic E-state index is 12.4. The third-order valence-corrected chi connectivity index (χ3v) is 5.65. The molecule has 0 radical (unpaired) electrons. The number of amides is 2. The summed E-state index contributed by atoms with van der Waals surface area (Å²) in [5.74, 6) is 1.47. The number of carbonyl (C=O) groups is 2. The lowest BCUT2D eigenvalue weighted by Crippen LogP contribution is -2.30. The van der Waals surface area contributed by atoms with Crippen LogP contribution >= 0.6 is 0 Å². The molecule has 10 heteroatoms. The Morgan fingerprint density at radius 2 is 1.55 bits per heavy atom. The Morgan fingerprint density at radius 1 is 0.842 bits per heavy atom. The van der Waals surface area contributed by atoms with Crippen molar-refractivity contribution < 1.29 is 19.1 Å². The fourth-order valence-corrected chi connectivity index (χ4v) is 3.56. The maximum atomic E-state index is 12.4. The Hall–Kier alpha value is -4.18. The molecule has 0 saturated heterocycles. The van der Waals surface area contributed by atoms with Gasteiger partial charge in [-0.15, -0.1) is 0 Å². The molecule has 3 aromatic rings. The van der Waals surface area contributed by atoms with E-state index in [0.717, 1.165) is 31.0 Å². The first-order valence-electron chi connectivity index (χ1n) is 12.7. The van der Waals surface area contributed by atoms with Crippen molar-refractivity contribution in [1.29, 1.82) is 0 Å². The molecule has 0 atom stereocenters.